The fraction of sp³-hybridized carbons (Fsp3) is 0.440. The third-order valence-corrected chi connectivity index (χ3v) is 9.04. The Kier molecular flexibility index (Phi) is 7.45. The molecular formula is C25H30BrN3O4S. The van der Waals surface area contributed by atoms with Crippen LogP contribution in [0.25, 0.3) is 0 Å². The van der Waals surface area contributed by atoms with Crippen LogP contribution in [-0.2, 0) is 32.5 Å². The van der Waals surface area contributed by atoms with Gasteiger partial charge in [0.2, 0.25) is 21.8 Å². The molecule has 1 saturated heterocycles. The quantitative estimate of drug-likeness (QED) is 0.582. The minimum Gasteiger partial charge on any atom is -0.326 e. The number of anilines is 2. The molecule has 7 nitrogen and oxygen atoms in total. The molecule has 0 unspecified atom stereocenters. The molecule has 182 valence electrons. The number of rotatable bonds is 6. The molecule has 2 aromatic rings. The van der Waals surface area contributed by atoms with Gasteiger partial charge in [-0.1, -0.05) is 41.9 Å². The van der Waals surface area contributed by atoms with E-state index in [2.05, 4.69) is 28.2 Å². The van der Waals surface area contributed by atoms with Gasteiger partial charge in [-0.2, -0.15) is 4.31 Å². The Morgan fingerprint density at radius 2 is 1.74 bits per heavy atom. The summed E-state index contributed by atoms with van der Waals surface area (Å²) >= 11 is 3.44. The summed E-state index contributed by atoms with van der Waals surface area (Å²) < 4.78 is 29.4. The average molecular weight is 549 g/mol. The van der Waals surface area contributed by atoms with Crippen molar-refractivity contribution in [2.45, 2.75) is 50.8 Å². The number of benzene rings is 2. The predicted octanol–water partition coefficient (Wildman–Crippen LogP) is 4.35. The lowest BCUT2D eigenvalue weighted by Gasteiger charge is -2.31. The summed E-state index contributed by atoms with van der Waals surface area (Å²) in [6.07, 6.45) is 2.78. The summed E-state index contributed by atoms with van der Waals surface area (Å²) in [6, 6.07) is 11.3. The second kappa shape index (κ2) is 10.2. The zero-order chi connectivity index (χ0) is 24.5. The number of fused-ring (bicyclic) bond motifs is 1. The van der Waals surface area contributed by atoms with Gasteiger partial charge in [-0.05, 0) is 61.1 Å². The van der Waals surface area contributed by atoms with E-state index in [1.54, 1.807) is 17.9 Å². The number of nitrogens with zero attached hydrogens (tertiary/aromatic N) is 2. The van der Waals surface area contributed by atoms with E-state index in [1.807, 2.05) is 30.3 Å². The standard InChI is InChI=1S/C25H30BrN3O4S/c1-3-17-5-7-21(8-6-17)27-25(31)18-9-12-28(13-10-18)34(32,33)22-16-20(26)15-19-11-14-29(24(19)22)23(30)4-2/h5-8,15-16,18H,3-4,9-14H2,1-2H3,(H,27,31). The molecule has 34 heavy (non-hydrogen) atoms. The zero-order valence-corrected chi connectivity index (χ0v) is 21.9. The highest BCUT2D eigenvalue weighted by Crippen LogP contribution is 2.39. The molecule has 2 amide bonds. The van der Waals surface area contributed by atoms with Crippen molar-refractivity contribution in [3.8, 4) is 0 Å². The molecule has 2 heterocycles. The number of halogens is 1. The highest BCUT2D eigenvalue weighted by atomic mass is 79.9. The minimum atomic E-state index is -3.82. The second-order valence-corrected chi connectivity index (χ2v) is 11.6. The number of hydrogen-bond donors (Lipinski definition) is 1. The molecule has 2 aliphatic rings. The first kappa shape index (κ1) is 24.9. The van der Waals surface area contributed by atoms with Gasteiger partial charge in [0, 0.05) is 42.1 Å². The molecule has 0 spiro atoms. The van der Waals surface area contributed by atoms with Gasteiger partial charge in [0.15, 0.2) is 0 Å². The third kappa shape index (κ3) is 4.92. The van der Waals surface area contributed by atoms with Crippen LogP contribution in [0.1, 0.15) is 44.2 Å². The number of carbonyl (C=O) groups is 2. The van der Waals surface area contributed by atoms with Gasteiger partial charge in [-0.25, -0.2) is 8.42 Å². The number of piperidine rings is 1. The van der Waals surface area contributed by atoms with Gasteiger partial charge in [-0.3, -0.25) is 9.59 Å². The topological polar surface area (TPSA) is 86.8 Å². The first-order chi connectivity index (χ1) is 16.2. The van der Waals surface area contributed by atoms with Crippen LogP contribution in [-0.4, -0.2) is 44.2 Å². The Morgan fingerprint density at radius 3 is 2.35 bits per heavy atom. The summed E-state index contributed by atoms with van der Waals surface area (Å²) in [5.41, 5.74) is 3.32. The van der Waals surface area contributed by atoms with E-state index < -0.39 is 10.0 Å². The molecule has 9 heteroatoms. The van der Waals surface area contributed by atoms with E-state index in [-0.39, 0.29) is 35.7 Å². The van der Waals surface area contributed by atoms with Gasteiger partial charge in [0.25, 0.3) is 0 Å². The molecule has 0 aliphatic carbocycles. The van der Waals surface area contributed by atoms with Crippen molar-refractivity contribution in [1.29, 1.82) is 0 Å². The molecule has 4 rings (SSSR count). The van der Waals surface area contributed by atoms with Crippen LogP contribution in [0.2, 0.25) is 0 Å². The van der Waals surface area contributed by atoms with Crippen molar-refractivity contribution in [3.63, 3.8) is 0 Å². The summed E-state index contributed by atoms with van der Waals surface area (Å²) in [4.78, 5) is 27.0. The summed E-state index contributed by atoms with van der Waals surface area (Å²) in [7, 11) is -3.82. The molecule has 0 bridgehead atoms. The molecule has 1 N–H and O–H groups in total. The number of amides is 2. The lowest BCUT2D eigenvalue weighted by atomic mass is 9.97. The van der Waals surface area contributed by atoms with Crippen molar-refractivity contribution in [3.05, 3.63) is 52.0 Å². The maximum Gasteiger partial charge on any atom is 0.245 e. The molecule has 2 aliphatic heterocycles. The largest absolute Gasteiger partial charge is 0.326 e. The molecule has 0 aromatic heterocycles. The lowest BCUT2D eigenvalue weighted by Crippen LogP contribution is -2.42. The van der Waals surface area contributed by atoms with E-state index in [9.17, 15) is 18.0 Å². The molecular weight excluding hydrogens is 518 g/mol. The highest BCUT2D eigenvalue weighted by molar-refractivity contribution is 9.10. The fourth-order valence-electron chi connectivity index (χ4n) is 4.67. The van der Waals surface area contributed by atoms with Crippen LogP contribution >= 0.6 is 15.9 Å². The SMILES string of the molecule is CCC(=O)N1CCc2cc(Br)cc(S(=O)(=O)N3CCC(C(=O)Nc4ccc(CC)cc4)CC3)c21. The minimum absolute atomic E-state index is 0.0793. The third-order valence-electron chi connectivity index (χ3n) is 6.67. The van der Waals surface area contributed by atoms with Crippen molar-refractivity contribution >= 4 is 49.1 Å². The number of hydrogen-bond acceptors (Lipinski definition) is 4. The van der Waals surface area contributed by atoms with Crippen molar-refractivity contribution in [2.24, 2.45) is 5.92 Å². The van der Waals surface area contributed by atoms with Crippen LogP contribution in [0, 0.1) is 5.92 Å². The molecule has 0 saturated carbocycles. The summed E-state index contributed by atoms with van der Waals surface area (Å²) in [5, 5.41) is 2.96. The number of carbonyl (C=O) groups excluding carboxylic acids is 2. The van der Waals surface area contributed by atoms with Crippen molar-refractivity contribution < 1.29 is 18.0 Å². The lowest BCUT2D eigenvalue weighted by molar-refractivity contribution is -0.121. The number of aryl methyl sites for hydroxylation is 1. The normalized spacial score (nSPS) is 17.0. The zero-order valence-electron chi connectivity index (χ0n) is 19.5. The first-order valence-corrected chi connectivity index (χ1v) is 14.0. The maximum absolute atomic E-state index is 13.7. The average Bonchev–Trinajstić information content (AvgIpc) is 3.27. The molecule has 0 atom stereocenters. The van der Waals surface area contributed by atoms with Gasteiger partial charge in [0.05, 0.1) is 5.69 Å². The van der Waals surface area contributed by atoms with E-state index in [1.165, 1.54) is 9.87 Å². The monoisotopic (exact) mass is 547 g/mol. The predicted molar refractivity (Wildman–Crippen MR) is 136 cm³/mol. The van der Waals surface area contributed by atoms with Gasteiger partial charge < -0.3 is 10.2 Å². The molecule has 1 fully saturated rings. The van der Waals surface area contributed by atoms with E-state index in [0.29, 0.717) is 42.4 Å². The van der Waals surface area contributed by atoms with E-state index in [0.717, 1.165) is 17.7 Å². The number of nitrogens with one attached hydrogen (secondary N) is 1. The summed E-state index contributed by atoms with van der Waals surface area (Å²) in [6.45, 7) is 4.87. The number of sulfonamides is 1. The first-order valence-electron chi connectivity index (χ1n) is 11.8. The Hall–Kier alpha value is -2.23. The van der Waals surface area contributed by atoms with Crippen LogP contribution in [0.4, 0.5) is 11.4 Å². The van der Waals surface area contributed by atoms with E-state index in [4.69, 9.17) is 0 Å². The van der Waals surface area contributed by atoms with Gasteiger partial charge in [0.1, 0.15) is 4.90 Å². The Bertz CT molecular complexity index is 1190. The van der Waals surface area contributed by atoms with E-state index >= 15 is 0 Å². The van der Waals surface area contributed by atoms with Crippen LogP contribution in [0.5, 0.6) is 0 Å². The smallest absolute Gasteiger partial charge is 0.245 e. The second-order valence-electron chi connectivity index (χ2n) is 8.78. The Labute approximate surface area is 209 Å². The van der Waals surface area contributed by atoms with Gasteiger partial charge in [-0.15, -0.1) is 0 Å². The van der Waals surface area contributed by atoms with Crippen LogP contribution < -0.4 is 10.2 Å². The summed E-state index contributed by atoms with van der Waals surface area (Å²) in [5.74, 6) is -0.409. The maximum atomic E-state index is 13.7. The Balaban J connectivity index is 1.48. The molecule has 0 radical (unpaired) electrons. The molecule has 2 aromatic carbocycles. The van der Waals surface area contributed by atoms with Crippen LogP contribution in [0.15, 0.2) is 45.8 Å². The highest BCUT2D eigenvalue weighted by Gasteiger charge is 2.37. The van der Waals surface area contributed by atoms with Crippen molar-refractivity contribution in [2.75, 3.05) is 29.9 Å². The fourth-order valence-corrected chi connectivity index (χ4v) is 7.06. The van der Waals surface area contributed by atoms with Crippen molar-refractivity contribution in [1.82, 2.24) is 4.31 Å². The van der Waals surface area contributed by atoms with Crippen LogP contribution in [0.3, 0.4) is 0 Å². The van der Waals surface area contributed by atoms with Gasteiger partial charge >= 0.3 is 0 Å². The Morgan fingerprint density at radius 1 is 1.06 bits per heavy atom.